The molecular weight excluding hydrogens is 304 g/mol. The number of ether oxygens (including phenoxy) is 1. The van der Waals surface area contributed by atoms with Gasteiger partial charge in [-0.05, 0) is 17.7 Å². The van der Waals surface area contributed by atoms with Crippen LogP contribution in [-0.4, -0.2) is 23.7 Å². The van der Waals surface area contributed by atoms with Crippen molar-refractivity contribution >= 4 is 22.9 Å². The zero-order valence-corrected chi connectivity index (χ0v) is 13.2. The molecule has 2 heterocycles. The molecule has 0 fully saturated rings. The summed E-state index contributed by atoms with van der Waals surface area (Å²) in [5.41, 5.74) is 1.13. The quantitative estimate of drug-likeness (QED) is 0.755. The summed E-state index contributed by atoms with van der Waals surface area (Å²) in [7, 11) is 1.34. The van der Waals surface area contributed by atoms with Crippen LogP contribution >= 0.6 is 0 Å². The van der Waals surface area contributed by atoms with E-state index in [1.165, 1.54) is 7.11 Å². The average Bonchev–Trinajstić information content (AvgIpc) is 3.12. The van der Waals surface area contributed by atoms with E-state index in [1.54, 1.807) is 4.57 Å². The van der Waals surface area contributed by atoms with E-state index in [0.717, 1.165) is 16.5 Å². The number of rotatable bonds is 3. The number of carbonyl (C=O) groups excluding carboxylic acids is 2. The number of nitrogens with one attached hydrogen (secondary N) is 1. The maximum Gasteiger partial charge on any atom is 0.338 e. The molecule has 3 aromatic rings. The molecule has 1 aliphatic heterocycles. The lowest BCUT2D eigenvalue weighted by molar-refractivity contribution is -0.148. The molecule has 1 N–H and O–H groups in total. The van der Waals surface area contributed by atoms with Gasteiger partial charge in [-0.3, -0.25) is 4.57 Å². The molecule has 0 radical (unpaired) electrons. The monoisotopic (exact) mass is 320 g/mol. The van der Waals surface area contributed by atoms with Crippen molar-refractivity contribution in [3.63, 3.8) is 0 Å². The van der Waals surface area contributed by atoms with Gasteiger partial charge in [-0.1, -0.05) is 48.5 Å². The van der Waals surface area contributed by atoms with Crippen LogP contribution in [0.4, 0.5) is 4.79 Å². The number of benzene rings is 2. The van der Waals surface area contributed by atoms with Crippen LogP contribution in [0.5, 0.6) is 0 Å². The molecule has 0 saturated heterocycles. The summed E-state index contributed by atoms with van der Waals surface area (Å²) in [6, 6.07) is 18.8. The van der Waals surface area contributed by atoms with E-state index in [2.05, 4.69) is 5.32 Å². The number of hydrogen-bond donors (Lipinski definition) is 1. The van der Waals surface area contributed by atoms with Gasteiger partial charge in [0.15, 0.2) is 5.54 Å². The van der Waals surface area contributed by atoms with Crippen molar-refractivity contribution in [2.45, 2.75) is 12.0 Å². The summed E-state index contributed by atoms with van der Waals surface area (Å²) in [4.78, 5) is 25.3. The molecular formula is C19H16N2O3. The molecule has 120 valence electrons. The van der Waals surface area contributed by atoms with Crippen molar-refractivity contribution < 1.29 is 14.3 Å². The number of carbonyl (C=O) groups is 2. The molecule has 0 saturated carbocycles. The Kier molecular flexibility index (Phi) is 3.16. The molecule has 1 aliphatic rings. The third-order valence-corrected chi connectivity index (χ3v) is 4.52. The van der Waals surface area contributed by atoms with Gasteiger partial charge in [-0.25, -0.2) is 9.59 Å². The van der Waals surface area contributed by atoms with Gasteiger partial charge in [0.2, 0.25) is 0 Å². The second-order valence-electron chi connectivity index (χ2n) is 5.91. The smallest absolute Gasteiger partial charge is 0.338 e. The summed E-state index contributed by atoms with van der Waals surface area (Å²) < 4.78 is 6.61. The number of esters is 1. The second kappa shape index (κ2) is 5.23. The van der Waals surface area contributed by atoms with E-state index in [-0.39, 0.29) is 6.03 Å². The minimum atomic E-state index is -1.22. The van der Waals surface area contributed by atoms with Gasteiger partial charge < -0.3 is 10.1 Å². The number of methoxy groups -OCH3 is 1. The first-order valence-electron chi connectivity index (χ1n) is 7.71. The fourth-order valence-corrected chi connectivity index (χ4v) is 3.43. The van der Waals surface area contributed by atoms with Crippen LogP contribution < -0.4 is 5.32 Å². The van der Waals surface area contributed by atoms with Crippen molar-refractivity contribution in [3.05, 3.63) is 71.9 Å². The van der Waals surface area contributed by atoms with Crippen molar-refractivity contribution in [1.29, 1.82) is 0 Å². The van der Waals surface area contributed by atoms with E-state index in [4.69, 9.17) is 4.74 Å². The molecule has 4 rings (SSSR count). The molecule has 2 aromatic carbocycles. The highest BCUT2D eigenvalue weighted by molar-refractivity contribution is 6.01. The number of hydrogen-bond acceptors (Lipinski definition) is 3. The van der Waals surface area contributed by atoms with Gasteiger partial charge in [0.25, 0.3) is 0 Å². The lowest BCUT2D eigenvalue weighted by Crippen LogP contribution is -2.49. The van der Waals surface area contributed by atoms with Crippen molar-refractivity contribution in [2.75, 3.05) is 7.11 Å². The number of para-hydroxylation sites is 1. The Bertz CT molecular complexity index is 946. The van der Waals surface area contributed by atoms with Gasteiger partial charge in [-0.2, -0.15) is 0 Å². The summed E-state index contributed by atoms with van der Waals surface area (Å²) in [5, 5.41) is 3.77. The number of amides is 1. The highest BCUT2D eigenvalue weighted by Gasteiger charge is 2.51. The van der Waals surface area contributed by atoms with E-state index >= 15 is 0 Å². The van der Waals surface area contributed by atoms with Crippen LogP contribution in [0.15, 0.2) is 60.7 Å². The topological polar surface area (TPSA) is 60.3 Å². The van der Waals surface area contributed by atoms with Gasteiger partial charge in [0, 0.05) is 11.8 Å². The first-order chi connectivity index (χ1) is 11.7. The van der Waals surface area contributed by atoms with Crippen LogP contribution in [0.3, 0.4) is 0 Å². The van der Waals surface area contributed by atoms with E-state index < -0.39 is 11.5 Å². The number of aromatic nitrogens is 1. The fraction of sp³-hybridized carbons (Fsp3) is 0.158. The first-order valence-corrected chi connectivity index (χ1v) is 7.71. The zero-order chi connectivity index (χ0) is 16.7. The van der Waals surface area contributed by atoms with Crippen molar-refractivity contribution in [1.82, 2.24) is 9.88 Å². The van der Waals surface area contributed by atoms with Crippen LogP contribution in [0, 0.1) is 0 Å². The lowest BCUT2D eigenvalue weighted by atomic mass is 9.88. The predicted molar refractivity (Wildman–Crippen MR) is 89.7 cm³/mol. The predicted octanol–water partition coefficient (Wildman–Crippen LogP) is 2.82. The highest BCUT2D eigenvalue weighted by Crippen LogP contribution is 2.36. The van der Waals surface area contributed by atoms with Crippen LogP contribution in [0.2, 0.25) is 0 Å². The van der Waals surface area contributed by atoms with Crippen molar-refractivity contribution in [2.24, 2.45) is 0 Å². The molecule has 0 spiro atoms. The summed E-state index contributed by atoms with van der Waals surface area (Å²) in [6.45, 7) is 0. The Morgan fingerprint density at radius 1 is 1.12 bits per heavy atom. The average molecular weight is 320 g/mol. The standard InChI is InChI=1S/C19H16N2O3/c1-24-17(22)19(12-13-7-3-2-4-8-13)16-11-14-9-5-6-10-15(14)21(16)18(23)20-19/h2-11H,12H2,1H3,(H,20,23). The third kappa shape index (κ3) is 1.94. The minimum absolute atomic E-state index is 0.312. The van der Waals surface area contributed by atoms with Gasteiger partial charge in [0.05, 0.1) is 18.3 Å². The minimum Gasteiger partial charge on any atom is -0.467 e. The zero-order valence-electron chi connectivity index (χ0n) is 13.2. The largest absolute Gasteiger partial charge is 0.467 e. The summed E-state index contributed by atoms with van der Waals surface area (Å²) in [6.07, 6.45) is 0.336. The molecule has 1 aromatic heterocycles. The van der Waals surface area contributed by atoms with Gasteiger partial charge in [-0.15, -0.1) is 0 Å². The van der Waals surface area contributed by atoms with Crippen LogP contribution in [-0.2, 0) is 21.5 Å². The van der Waals surface area contributed by atoms with E-state index in [1.807, 2.05) is 60.7 Å². The second-order valence-corrected chi connectivity index (χ2v) is 5.91. The Hall–Kier alpha value is -3.08. The Balaban J connectivity index is 1.93. The molecule has 1 amide bonds. The molecule has 5 nitrogen and oxygen atoms in total. The van der Waals surface area contributed by atoms with Crippen LogP contribution in [0.25, 0.3) is 10.9 Å². The molecule has 1 atom stereocenters. The summed E-state index contributed by atoms with van der Waals surface area (Å²) in [5.74, 6) is -0.471. The lowest BCUT2D eigenvalue weighted by Gasteiger charge is -2.25. The van der Waals surface area contributed by atoms with Crippen molar-refractivity contribution in [3.8, 4) is 0 Å². The highest BCUT2D eigenvalue weighted by atomic mass is 16.5. The van der Waals surface area contributed by atoms with Gasteiger partial charge >= 0.3 is 12.0 Å². The maximum atomic E-state index is 12.7. The molecule has 1 unspecified atom stereocenters. The third-order valence-electron chi connectivity index (χ3n) is 4.52. The molecule has 24 heavy (non-hydrogen) atoms. The van der Waals surface area contributed by atoms with Gasteiger partial charge in [0.1, 0.15) is 0 Å². The normalized spacial score (nSPS) is 19.1. The fourth-order valence-electron chi connectivity index (χ4n) is 3.43. The van der Waals surface area contributed by atoms with Crippen LogP contribution in [0.1, 0.15) is 11.3 Å². The Labute approximate surface area is 138 Å². The summed E-state index contributed by atoms with van der Waals surface area (Å²) >= 11 is 0. The Morgan fingerprint density at radius 2 is 1.83 bits per heavy atom. The SMILES string of the molecule is COC(=O)C1(Cc2ccccc2)NC(=O)n2c1cc1ccccc12. The molecule has 5 heteroatoms. The number of fused-ring (bicyclic) bond motifs is 3. The molecule has 0 bridgehead atoms. The Morgan fingerprint density at radius 3 is 2.58 bits per heavy atom. The van der Waals surface area contributed by atoms with E-state index in [9.17, 15) is 9.59 Å². The maximum absolute atomic E-state index is 12.7. The number of nitrogens with zero attached hydrogens (tertiary/aromatic N) is 1. The first kappa shape index (κ1) is 14.5. The molecule has 0 aliphatic carbocycles. The van der Waals surface area contributed by atoms with E-state index in [0.29, 0.717) is 12.1 Å².